The first-order valence-corrected chi connectivity index (χ1v) is 15.4. The van der Waals surface area contributed by atoms with Crippen molar-refractivity contribution in [3.63, 3.8) is 0 Å². The number of alkyl halides is 1. The molecule has 3 saturated carbocycles. The Morgan fingerprint density at radius 1 is 1.14 bits per heavy atom. The Morgan fingerprint density at radius 2 is 1.92 bits per heavy atom. The molecule has 4 aliphatic rings. The third kappa shape index (κ3) is 5.12. The highest BCUT2D eigenvalue weighted by molar-refractivity contribution is 6.18. The van der Waals surface area contributed by atoms with Crippen LogP contribution in [0, 0.1) is 51.2 Å². The van der Waals surface area contributed by atoms with E-state index in [4.69, 9.17) is 11.6 Å². The average molecular weight is 520 g/mol. The lowest BCUT2D eigenvalue weighted by Gasteiger charge is -2.60. The summed E-state index contributed by atoms with van der Waals surface area (Å²) in [6.07, 6.45) is 16.5. The fraction of sp³-hybridized carbons (Fsp3) is 0.900. The Balaban J connectivity index is 1.61. The monoisotopic (exact) mass is 519 g/mol. The second-order valence-corrected chi connectivity index (χ2v) is 13.9. The van der Waals surface area contributed by atoms with Crippen LogP contribution in [0.4, 0.5) is 4.79 Å². The van der Waals surface area contributed by atoms with E-state index >= 15 is 0 Å². The minimum absolute atomic E-state index is 0.0251. The first-order chi connectivity index (χ1) is 17.2. The van der Waals surface area contributed by atoms with Gasteiger partial charge >= 0.3 is 6.03 Å². The zero-order valence-corrected chi connectivity index (χ0v) is 24.2. The van der Waals surface area contributed by atoms with Gasteiger partial charge in [0, 0.05) is 5.88 Å². The van der Waals surface area contributed by atoms with Gasteiger partial charge < -0.3 is 5.32 Å². The summed E-state index contributed by atoms with van der Waals surface area (Å²) in [6, 6.07) is -0.419. The molecule has 6 heteroatoms. The first-order valence-electron chi connectivity index (χ1n) is 14.8. The molecular formula is C30H50ClN3O2. The predicted molar refractivity (Wildman–Crippen MR) is 149 cm³/mol. The number of halogens is 1. The molecule has 4 rings (SSSR count). The fourth-order valence-electron chi connectivity index (χ4n) is 9.36. The van der Waals surface area contributed by atoms with E-state index in [2.05, 4.69) is 51.3 Å². The first kappa shape index (κ1) is 27.9. The van der Waals surface area contributed by atoms with Crippen molar-refractivity contribution in [1.29, 1.82) is 0 Å². The van der Waals surface area contributed by atoms with Crippen LogP contribution in [0.3, 0.4) is 0 Å². The summed E-state index contributed by atoms with van der Waals surface area (Å²) in [7, 11) is 0. The van der Waals surface area contributed by atoms with E-state index in [-0.39, 0.29) is 23.9 Å². The number of carbonyl (C=O) groups is 1. The normalized spacial score (nSPS) is 38.4. The molecule has 0 aliphatic heterocycles. The van der Waals surface area contributed by atoms with Crippen LogP contribution in [0.1, 0.15) is 105 Å². The van der Waals surface area contributed by atoms with Crippen molar-refractivity contribution in [2.45, 2.75) is 111 Å². The number of carbonyl (C=O) groups excluding carboxylic acids is 1. The smallest absolute Gasteiger partial charge is 0.330 e. The summed E-state index contributed by atoms with van der Waals surface area (Å²) in [5, 5.41) is 7.21. The summed E-state index contributed by atoms with van der Waals surface area (Å²) in [6.45, 7) is 12.4. The Kier molecular flexibility index (Phi) is 8.79. The van der Waals surface area contributed by atoms with Gasteiger partial charge in [-0.05, 0) is 91.3 Å². The van der Waals surface area contributed by atoms with E-state index in [1.165, 1.54) is 64.2 Å². The van der Waals surface area contributed by atoms with E-state index < -0.39 is 6.03 Å². The number of fused-ring (bicyclic) bond motifs is 5. The van der Waals surface area contributed by atoms with Gasteiger partial charge in [-0.25, -0.2) is 4.79 Å². The predicted octanol–water partition coefficient (Wildman–Crippen LogP) is 8.33. The van der Waals surface area contributed by atoms with Gasteiger partial charge in [-0.2, -0.15) is 5.01 Å². The molecule has 5 nitrogen and oxygen atoms in total. The van der Waals surface area contributed by atoms with E-state index in [0.717, 1.165) is 29.2 Å². The highest BCUT2D eigenvalue weighted by atomic mass is 35.5. The van der Waals surface area contributed by atoms with Crippen LogP contribution in [0.25, 0.3) is 0 Å². The van der Waals surface area contributed by atoms with Gasteiger partial charge in [0.25, 0.3) is 0 Å². The molecule has 1 N–H and O–H groups in total. The van der Waals surface area contributed by atoms with Crippen molar-refractivity contribution in [2.75, 3.05) is 12.4 Å². The minimum Gasteiger partial charge on any atom is -0.330 e. The van der Waals surface area contributed by atoms with E-state index in [9.17, 15) is 9.70 Å². The van der Waals surface area contributed by atoms with Crippen molar-refractivity contribution in [2.24, 2.45) is 51.6 Å². The average Bonchev–Trinajstić information content (AvgIpc) is 3.19. The maximum atomic E-state index is 13.1. The number of amides is 2. The second kappa shape index (κ2) is 11.3. The molecular weight excluding hydrogens is 470 g/mol. The number of hydrogen-bond donors (Lipinski definition) is 1. The molecule has 8 atom stereocenters. The largest absolute Gasteiger partial charge is 0.340 e. The molecule has 0 aromatic carbocycles. The van der Waals surface area contributed by atoms with Crippen molar-refractivity contribution >= 4 is 17.6 Å². The van der Waals surface area contributed by atoms with Gasteiger partial charge in [0.15, 0.2) is 0 Å². The fourth-order valence-corrected chi connectivity index (χ4v) is 9.52. The standard InChI is InChI=1S/C30H50ClN3O2/c1-20(2)9-8-10-21(3)23-12-13-24-27-25(14-16-30(23,24)5)29(4)15-7-6-11-22(29)19-26(27)32-28(35)34(33-36)18-17-31/h19-21,23-27H,6-18H2,1-5H3,(H,32,35)/t21-,23-,24+,25+,26+,27+,29+,30-/m1/s1. The van der Waals surface area contributed by atoms with Gasteiger partial charge in [0.05, 0.1) is 17.9 Å². The number of nitrogens with one attached hydrogen (secondary N) is 1. The van der Waals surface area contributed by atoms with Crippen molar-refractivity contribution in [1.82, 2.24) is 10.3 Å². The highest BCUT2D eigenvalue weighted by Gasteiger charge is 2.61. The molecule has 0 bridgehead atoms. The number of allylic oxidation sites excluding steroid dienone is 1. The molecule has 0 aromatic heterocycles. The highest BCUT2D eigenvalue weighted by Crippen LogP contribution is 2.67. The Morgan fingerprint density at radius 3 is 2.61 bits per heavy atom. The van der Waals surface area contributed by atoms with E-state index in [1.807, 2.05) is 0 Å². The minimum atomic E-state index is -0.394. The zero-order valence-electron chi connectivity index (χ0n) is 23.4. The number of hydrogen-bond acceptors (Lipinski definition) is 3. The molecule has 4 aliphatic carbocycles. The van der Waals surface area contributed by atoms with Crippen LogP contribution < -0.4 is 5.32 Å². The SMILES string of the molecule is CC(C)CCC[C@@H](C)[C@H]1CC[C@H]2[C@@H]3[C@@H](NC(=O)N(CCCl)N=O)C=C4CCCC[C@]4(C)[C@H]3CC[C@]12C. The van der Waals surface area contributed by atoms with Gasteiger partial charge in [-0.1, -0.05) is 72.0 Å². The molecule has 2 amide bonds. The van der Waals surface area contributed by atoms with Crippen LogP contribution in [0.15, 0.2) is 16.9 Å². The number of urea groups is 1. The maximum Gasteiger partial charge on any atom is 0.340 e. The molecule has 0 heterocycles. The van der Waals surface area contributed by atoms with Gasteiger partial charge in [-0.3, -0.25) is 0 Å². The topological polar surface area (TPSA) is 61.8 Å². The summed E-state index contributed by atoms with van der Waals surface area (Å²) in [5.74, 6) is 4.14. The summed E-state index contributed by atoms with van der Waals surface area (Å²) in [5.41, 5.74) is 2.13. The zero-order chi connectivity index (χ0) is 26.1. The Labute approximate surface area is 224 Å². The lowest BCUT2D eigenvalue weighted by molar-refractivity contribution is -0.0598. The quantitative estimate of drug-likeness (QED) is 0.144. The molecule has 204 valence electrons. The van der Waals surface area contributed by atoms with Crippen LogP contribution >= 0.6 is 11.6 Å². The van der Waals surface area contributed by atoms with Crippen molar-refractivity contribution < 1.29 is 4.79 Å². The molecule has 0 radical (unpaired) electrons. The van der Waals surface area contributed by atoms with Crippen LogP contribution in [0.5, 0.6) is 0 Å². The van der Waals surface area contributed by atoms with Crippen molar-refractivity contribution in [3.05, 3.63) is 16.6 Å². The summed E-state index contributed by atoms with van der Waals surface area (Å²) >= 11 is 5.84. The molecule has 3 fully saturated rings. The third-order valence-electron chi connectivity index (χ3n) is 11.2. The molecule has 0 saturated heterocycles. The van der Waals surface area contributed by atoms with Gasteiger partial charge in [0.1, 0.15) is 0 Å². The summed E-state index contributed by atoms with van der Waals surface area (Å²) < 4.78 is 0. The van der Waals surface area contributed by atoms with Crippen LogP contribution in [-0.4, -0.2) is 29.5 Å². The molecule has 0 spiro atoms. The summed E-state index contributed by atoms with van der Waals surface area (Å²) in [4.78, 5) is 24.5. The third-order valence-corrected chi connectivity index (χ3v) is 11.4. The van der Waals surface area contributed by atoms with E-state index in [0.29, 0.717) is 23.2 Å². The Hall–Kier alpha value is -1.10. The van der Waals surface area contributed by atoms with Gasteiger partial charge in [-0.15, -0.1) is 16.5 Å². The number of nitroso groups, excluding NO2 is 1. The lowest BCUT2D eigenvalue weighted by atomic mass is 9.46. The van der Waals surface area contributed by atoms with Gasteiger partial charge in [0.2, 0.25) is 0 Å². The number of nitrogens with zero attached hydrogens (tertiary/aromatic N) is 2. The number of rotatable bonds is 9. The molecule has 0 aromatic rings. The van der Waals surface area contributed by atoms with Crippen molar-refractivity contribution in [3.8, 4) is 0 Å². The molecule has 0 unspecified atom stereocenters. The van der Waals surface area contributed by atoms with Crippen LogP contribution in [-0.2, 0) is 0 Å². The second-order valence-electron chi connectivity index (χ2n) is 13.5. The van der Waals surface area contributed by atoms with Crippen LogP contribution in [0.2, 0.25) is 0 Å². The lowest BCUT2D eigenvalue weighted by Crippen LogP contribution is -2.59. The maximum absolute atomic E-state index is 13.1. The molecule has 36 heavy (non-hydrogen) atoms. The Bertz CT molecular complexity index is 831. The van der Waals surface area contributed by atoms with E-state index in [1.54, 1.807) is 5.57 Å².